The summed E-state index contributed by atoms with van der Waals surface area (Å²) in [7, 11) is -11.5. The fraction of sp³-hybridized carbons (Fsp3) is 0.0345. The first-order chi connectivity index (χ1) is 62.4. The van der Waals surface area contributed by atoms with Crippen LogP contribution in [0.4, 0.5) is 40.3 Å². The second-order valence-electron chi connectivity index (χ2n) is 26.9. The number of amides is 4. The minimum absolute atomic E-state index is 0.0211. The van der Waals surface area contributed by atoms with Crippen molar-refractivity contribution < 1.29 is 104 Å². The molecule has 0 unspecified atom stereocenters. The van der Waals surface area contributed by atoms with Gasteiger partial charge in [0.15, 0.2) is 57.4 Å². The van der Waals surface area contributed by atoms with E-state index in [1.165, 1.54) is 137 Å². The predicted octanol–water partition coefficient (Wildman–Crippen LogP) is 14.5. The molecule has 0 saturated carbocycles. The molecule has 0 aliphatic rings. The Morgan fingerprint density at radius 3 is 0.878 bits per heavy atom. The minimum atomic E-state index is -3.99. The maximum Gasteiger partial charge on any atom is 0.279 e. The molecule has 131 heavy (non-hydrogen) atoms. The third-order valence-corrected chi connectivity index (χ3v) is 21.8. The average Bonchev–Trinajstić information content (AvgIpc) is 0.800. The van der Waals surface area contributed by atoms with Crippen molar-refractivity contribution in [3.63, 3.8) is 0 Å². The Kier molecular flexibility index (Phi) is 28.3. The van der Waals surface area contributed by atoms with Crippen molar-refractivity contribution >= 4 is 142 Å². The standard InChI is InChI=1S/C23H20N4O6S.C22H17FN4O5S.C21H14ClFN4O4S.C21H14F2N4O4S/c1-31-15-10-11-19(20(13-15)32-2)33-23-21(26-17-8-3-4-9-18(17)27-23)22(28)25-14-6-5-7-16(12-14)34(24,29)30;1-31-19-10-9-14(12-16(19)23)32-22-20(26-17-7-2-3-8-18(17)27-22)21(28)25-13-5-4-6-15(11-13)33(24,29)30;22-15-10-12(23)8-9-18(15)31-21-19(26-16-6-1-2-7-17(16)27-21)20(28)25-13-4-3-5-14(11-13)32(24,29)30;22-12-8-9-18(15(23)10-12)31-21-19(26-16-6-1-2-7-17(16)27-21)20(28)25-13-4-3-5-14(11-13)32(24,29)30/h3-13H,1-2H3,(H,25,28)(H2,24,29,30);2-12H,1H3,(H,25,28)(H2,24,29,30);2*1-11H,(H,25,28)(H2,24,29,30). The van der Waals surface area contributed by atoms with E-state index in [1.807, 2.05) is 0 Å². The summed E-state index contributed by atoms with van der Waals surface area (Å²) >= 11 is 6.04. The smallest absolute Gasteiger partial charge is 0.279 e. The van der Waals surface area contributed by atoms with Crippen LogP contribution >= 0.6 is 11.6 Å². The first-order valence-corrected chi connectivity index (χ1v) is 44.0. The first-order valence-electron chi connectivity index (χ1n) is 37.4. The number of sulfonamides is 4. The summed E-state index contributed by atoms with van der Waals surface area (Å²) in [5, 5.41) is 30.8. The number of para-hydroxylation sites is 8. The second-order valence-corrected chi connectivity index (χ2v) is 33.6. The number of carbonyl (C=O) groups is 4. The van der Waals surface area contributed by atoms with Crippen molar-refractivity contribution in [2.24, 2.45) is 20.6 Å². The number of nitrogens with two attached hydrogens (primary N) is 4. The number of anilines is 4. The zero-order chi connectivity index (χ0) is 93.6. The molecule has 4 heterocycles. The van der Waals surface area contributed by atoms with E-state index >= 15 is 0 Å². The summed E-state index contributed by atoms with van der Waals surface area (Å²) in [4.78, 5) is 86.1. The SMILES string of the molecule is COc1ccc(Oc2nc3ccccc3nc2C(=O)Nc2cccc(S(N)(=O)=O)c2)c(OC)c1.COc1ccc(Oc2nc3ccccc3nc2C(=O)Nc2cccc(S(N)(=O)=O)c2)cc1F.NS(=O)(=O)c1cccc(NC(=O)c2nc3ccccc3nc2Oc2ccc(F)cc2Cl)c1.NS(=O)(=O)c1cccc(NC(=O)c2nc3ccccc3nc2Oc2ccc(F)cc2F)c1. The van der Waals surface area contributed by atoms with Gasteiger partial charge in [-0.15, -0.1) is 0 Å². The lowest BCUT2D eigenvalue weighted by Crippen LogP contribution is -2.17. The number of fused-ring (bicyclic) bond motifs is 4. The van der Waals surface area contributed by atoms with Crippen LogP contribution in [0.5, 0.6) is 63.8 Å². The Morgan fingerprint density at radius 2 is 0.565 bits per heavy atom. The van der Waals surface area contributed by atoms with E-state index in [0.29, 0.717) is 61.7 Å². The Bertz CT molecular complexity index is 7460. The van der Waals surface area contributed by atoms with Gasteiger partial charge in [-0.1, -0.05) is 84.4 Å². The number of methoxy groups -OCH3 is 3. The zero-order valence-electron chi connectivity index (χ0n) is 67.6. The van der Waals surface area contributed by atoms with Gasteiger partial charge in [0.05, 0.1) is 90.1 Å². The van der Waals surface area contributed by atoms with Gasteiger partial charge >= 0.3 is 0 Å². The Hall–Kier alpha value is -15.9. The molecule has 4 aromatic heterocycles. The van der Waals surface area contributed by atoms with Gasteiger partial charge in [-0.3, -0.25) is 19.2 Å². The van der Waals surface area contributed by atoms with Gasteiger partial charge in [-0.25, -0.2) is 112 Å². The number of hydrogen-bond donors (Lipinski definition) is 8. The van der Waals surface area contributed by atoms with Crippen LogP contribution in [0.1, 0.15) is 42.0 Å². The highest BCUT2D eigenvalue weighted by molar-refractivity contribution is 7.90. The van der Waals surface area contributed by atoms with Crippen molar-refractivity contribution in [2.75, 3.05) is 42.6 Å². The molecule has 4 amide bonds. The molecule has 0 fully saturated rings. The molecule has 0 aliphatic heterocycles. The first kappa shape index (κ1) is 92.8. The third kappa shape index (κ3) is 23.7. The molecule has 12 aromatic carbocycles. The predicted molar refractivity (Wildman–Crippen MR) is 472 cm³/mol. The summed E-state index contributed by atoms with van der Waals surface area (Å²) in [6, 6.07) is 63.9. The number of nitrogens with one attached hydrogen (secondary N) is 4. The number of benzene rings is 12. The molecule has 666 valence electrons. The highest BCUT2D eigenvalue weighted by Gasteiger charge is 2.28. The van der Waals surface area contributed by atoms with E-state index in [9.17, 15) is 70.4 Å². The summed E-state index contributed by atoms with van der Waals surface area (Å²) in [5.74, 6) is -5.61. The fourth-order valence-electron chi connectivity index (χ4n) is 11.7. The van der Waals surface area contributed by atoms with Crippen molar-refractivity contribution in [1.29, 1.82) is 0 Å². The van der Waals surface area contributed by atoms with E-state index in [2.05, 4.69) is 61.1 Å². The number of halogens is 5. The van der Waals surface area contributed by atoms with Gasteiger partial charge in [-0.2, -0.15) is 0 Å². The van der Waals surface area contributed by atoms with Crippen LogP contribution in [0.2, 0.25) is 5.02 Å². The summed E-state index contributed by atoms with van der Waals surface area (Å²) in [6.45, 7) is 0. The number of nitrogens with zero attached hydrogens (tertiary/aromatic N) is 8. The summed E-state index contributed by atoms with van der Waals surface area (Å²) < 4.78 is 186. The molecule has 0 radical (unpaired) electrons. The quantitative estimate of drug-likeness (QED) is 0.0276. The van der Waals surface area contributed by atoms with Crippen LogP contribution in [-0.2, 0) is 40.1 Å². The van der Waals surface area contributed by atoms with Gasteiger partial charge < -0.3 is 54.4 Å². The second kappa shape index (κ2) is 40.0. The molecule has 16 aromatic rings. The molecular formula is C87H65ClF4N16O19S4. The molecule has 16 rings (SSSR count). The maximum absolute atomic E-state index is 14.1. The maximum atomic E-state index is 14.1. The Labute approximate surface area is 745 Å². The molecule has 12 N–H and O–H groups in total. The minimum Gasteiger partial charge on any atom is -0.497 e. The van der Waals surface area contributed by atoms with Gasteiger partial charge in [0.1, 0.15) is 28.9 Å². The largest absolute Gasteiger partial charge is 0.497 e. The summed E-state index contributed by atoms with van der Waals surface area (Å²) in [5.41, 5.74) is 3.35. The van der Waals surface area contributed by atoms with Crippen molar-refractivity contribution in [1.82, 2.24) is 39.9 Å². The van der Waals surface area contributed by atoms with Gasteiger partial charge in [0.25, 0.3) is 47.1 Å². The highest BCUT2D eigenvalue weighted by atomic mass is 35.5. The number of carbonyl (C=O) groups excluding carboxylic acids is 4. The van der Waals surface area contributed by atoms with E-state index < -0.39 is 87.0 Å². The van der Waals surface area contributed by atoms with E-state index in [1.54, 1.807) is 115 Å². The Balaban J connectivity index is 0.000000149. The van der Waals surface area contributed by atoms with Crippen LogP contribution in [0.25, 0.3) is 44.1 Å². The fourth-order valence-corrected chi connectivity index (χ4v) is 14.1. The lowest BCUT2D eigenvalue weighted by atomic mass is 10.2. The lowest BCUT2D eigenvalue weighted by Gasteiger charge is -2.14. The van der Waals surface area contributed by atoms with Crippen LogP contribution in [0, 0.1) is 23.3 Å². The zero-order valence-corrected chi connectivity index (χ0v) is 71.6. The van der Waals surface area contributed by atoms with E-state index in [0.717, 1.165) is 30.3 Å². The van der Waals surface area contributed by atoms with Gasteiger partial charge in [-0.05, 0) is 176 Å². The molecule has 0 atom stereocenters. The molecule has 0 bridgehead atoms. The van der Waals surface area contributed by atoms with Crippen LogP contribution in [-0.4, -0.2) is 119 Å². The Morgan fingerprint density at radius 1 is 0.282 bits per heavy atom. The summed E-state index contributed by atoms with van der Waals surface area (Å²) in [6.07, 6.45) is 0. The number of hydrogen-bond acceptors (Lipinski definition) is 27. The van der Waals surface area contributed by atoms with Crippen LogP contribution in [0.15, 0.2) is 287 Å². The van der Waals surface area contributed by atoms with Crippen LogP contribution in [0.3, 0.4) is 0 Å². The third-order valence-electron chi connectivity index (χ3n) is 17.8. The highest BCUT2D eigenvalue weighted by Crippen LogP contribution is 2.38. The van der Waals surface area contributed by atoms with E-state index in [4.69, 9.17) is 65.3 Å². The lowest BCUT2D eigenvalue weighted by molar-refractivity contribution is 0.101. The normalized spacial score (nSPS) is 11.3. The molecule has 44 heteroatoms. The molecule has 0 saturated heterocycles. The number of rotatable bonds is 23. The number of primary sulfonamides is 4. The average molecular weight is 1880 g/mol. The number of aromatic nitrogens is 8. The number of ether oxygens (including phenoxy) is 7. The van der Waals surface area contributed by atoms with Gasteiger partial charge in [0.2, 0.25) is 40.1 Å². The van der Waals surface area contributed by atoms with Crippen molar-refractivity contribution in [3.05, 3.63) is 318 Å². The molecule has 0 aliphatic carbocycles. The van der Waals surface area contributed by atoms with E-state index in [-0.39, 0.29) is 122 Å². The topological polar surface area (TPSA) is 525 Å². The van der Waals surface area contributed by atoms with Crippen LogP contribution < -0.4 is 75.0 Å². The van der Waals surface area contributed by atoms with Crippen molar-refractivity contribution in [3.8, 4) is 63.8 Å². The van der Waals surface area contributed by atoms with Crippen molar-refractivity contribution in [2.45, 2.75) is 19.6 Å². The molecular weight excluding hydrogens is 1810 g/mol. The molecule has 35 nitrogen and oxygen atoms in total. The van der Waals surface area contributed by atoms with Gasteiger partial charge in [0, 0.05) is 40.9 Å². The monoisotopic (exact) mass is 1880 g/mol. The molecule has 0 spiro atoms.